The molecule has 0 aliphatic rings. The second-order valence-electron chi connectivity index (χ2n) is 5.65. The van der Waals surface area contributed by atoms with Crippen LogP contribution in [0.5, 0.6) is 5.75 Å². The van der Waals surface area contributed by atoms with Gasteiger partial charge in [-0.1, -0.05) is 34.1 Å². The molecule has 0 fully saturated rings. The lowest BCUT2D eigenvalue weighted by Gasteiger charge is -2.06. The number of rotatable bonds is 5. The number of halogens is 2. The highest BCUT2D eigenvalue weighted by Gasteiger charge is 2.11. The van der Waals surface area contributed by atoms with Gasteiger partial charge in [-0.2, -0.15) is 5.10 Å². The summed E-state index contributed by atoms with van der Waals surface area (Å²) in [4.78, 5) is 24.2. The minimum atomic E-state index is -0.449. The number of esters is 1. The average Bonchev–Trinajstić information content (AvgIpc) is 2.69. The van der Waals surface area contributed by atoms with Gasteiger partial charge < -0.3 is 4.74 Å². The summed E-state index contributed by atoms with van der Waals surface area (Å²) >= 11 is 6.65. The minimum absolute atomic E-state index is 0.309. The molecule has 0 aromatic heterocycles. The van der Waals surface area contributed by atoms with E-state index in [0.29, 0.717) is 21.3 Å². The molecule has 0 bridgehead atoms. The van der Waals surface area contributed by atoms with Crippen LogP contribution in [0.3, 0.4) is 0 Å². The Bertz CT molecular complexity index is 1030. The number of hydrazone groups is 1. The van der Waals surface area contributed by atoms with Gasteiger partial charge in [0.1, 0.15) is 5.75 Å². The first-order valence-corrected chi connectivity index (χ1v) is 9.77. The average molecular weight is 502 g/mol. The van der Waals surface area contributed by atoms with Gasteiger partial charge >= 0.3 is 5.97 Å². The molecule has 0 radical (unpaired) electrons. The summed E-state index contributed by atoms with van der Waals surface area (Å²) in [5, 5.41) is 3.94. The molecule has 3 rings (SSSR count). The SMILES string of the molecule is O=C(NN=Cc1ccc(OC(=O)c2ccccc2Br)cc1)c1cccc(Br)c1. The lowest BCUT2D eigenvalue weighted by atomic mass is 10.2. The predicted molar refractivity (Wildman–Crippen MR) is 115 cm³/mol. The molecule has 28 heavy (non-hydrogen) atoms. The first kappa shape index (κ1) is 20.0. The molecule has 0 atom stereocenters. The minimum Gasteiger partial charge on any atom is -0.423 e. The van der Waals surface area contributed by atoms with Crippen molar-refractivity contribution in [1.29, 1.82) is 0 Å². The maximum absolute atomic E-state index is 12.2. The van der Waals surface area contributed by atoms with Gasteiger partial charge in [0.05, 0.1) is 11.8 Å². The molecule has 3 aromatic carbocycles. The smallest absolute Gasteiger partial charge is 0.344 e. The van der Waals surface area contributed by atoms with E-state index in [0.717, 1.165) is 10.0 Å². The van der Waals surface area contributed by atoms with E-state index in [1.165, 1.54) is 6.21 Å². The summed E-state index contributed by atoms with van der Waals surface area (Å²) in [6.07, 6.45) is 1.51. The molecule has 5 nitrogen and oxygen atoms in total. The van der Waals surface area contributed by atoms with Gasteiger partial charge in [-0.15, -0.1) is 0 Å². The molecule has 7 heteroatoms. The molecule has 0 saturated heterocycles. The number of carbonyl (C=O) groups is 2. The van der Waals surface area contributed by atoms with Gasteiger partial charge in [0.15, 0.2) is 0 Å². The zero-order valence-electron chi connectivity index (χ0n) is 14.4. The summed E-state index contributed by atoms with van der Waals surface area (Å²) in [5.41, 5.74) is 4.16. The van der Waals surface area contributed by atoms with Crippen LogP contribution in [0.2, 0.25) is 0 Å². The third-order valence-corrected chi connectivity index (χ3v) is 4.84. The highest BCUT2D eigenvalue weighted by Crippen LogP contribution is 2.19. The van der Waals surface area contributed by atoms with E-state index in [-0.39, 0.29) is 5.91 Å². The van der Waals surface area contributed by atoms with Gasteiger partial charge in [-0.3, -0.25) is 4.79 Å². The van der Waals surface area contributed by atoms with Crippen molar-refractivity contribution in [3.05, 3.63) is 98.4 Å². The van der Waals surface area contributed by atoms with Gasteiger partial charge in [0.2, 0.25) is 0 Å². The Morgan fingerprint density at radius 1 is 0.929 bits per heavy atom. The van der Waals surface area contributed by atoms with Crippen molar-refractivity contribution in [3.8, 4) is 5.75 Å². The first-order valence-electron chi connectivity index (χ1n) is 8.19. The molecular formula is C21H14Br2N2O3. The van der Waals surface area contributed by atoms with E-state index in [1.54, 1.807) is 60.7 Å². The topological polar surface area (TPSA) is 67.8 Å². The van der Waals surface area contributed by atoms with Crippen LogP contribution in [0.1, 0.15) is 26.3 Å². The van der Waals surface area contributed by atoms with Crippen LogP contribution in [-0.2, 0) is 0 Å². The number of hydrogen-bond donors (Lipinski definition) is 1. The van der Waals surface area contributed by atoms with Crippen molar-refractivity contribution in [3.63, 3.8) is 0 Å². The number of nitrogens with zero attached hydrogens (tertiary/aromatic N) is 1. The fraction of sp³-hybridized carbons (Fsp3) is 0. The Morgan fingerprint density at radius 3 is 2.39 bits per heavy atom. The second-order valence-corrected chi connectivity index (χ2v) is 7.42. The molecule has 140 valence electrons. The van der Waals surface area contributed by atoms with Crippen LogP contribution in [0, 0.1) is 0 Å². The van der Waals surface area contributed by atoms with Crippen LogP contribution >= 0.6 is 31.9 Å². The molecule has 0 saturated carbocycles. The summed E-state index contributed by atoms with van der Waals surface area (Å²) in [6, 6.07) is 20.9. The third kappa shape index (κ3) is 5.37. The van der Waals surface area contributed by atoms with Crippen molar-refractivity contribution in [2.75, 3.05) is 0 Å². The van der Waals surface area contributed by atoms with Gasteiger partial charge in [-0.25, -0.2) is 10.2 Å². The first-order chi connectivity index (χ1) is 13.5. The molecule has 0 spiro atoms. The summed E-state index contributed by atoms with van der Waals surface area (Å²) in [7, 11) is 0. The van der Waals surface area contributed by atoms with Crippen LogP contribution < -0.4 is 10.2 Å². The van der Waals surface area contributed by atoms with Crippen LogP contribution in [-0.4, -0.2) is 18.1 Å². The number of benzene rings is 3. The largest absolute Gasteiger partial charge is 0.423 e. The standard InChI is InChI=1S/C21H14Br2N2O3/c22-16-5-3-4-15(12-16)20(26)25-24-13-14-8-10-17(11-9-14)28-21(27)18-6-1-2-7-19(18)23/h1-13H,(H,25,26). The van der Waals surface area contributed by atoms with Crippen molar-refractivity contribution in [2.45, 2.75) is 0 Å². The van der Waals surface area contributed by atoms with E-state index in [1.807, 2.05) is 12.1 Å². The maximum atomic E-state index is 12.2. The summed E-state index contributed by atoms with van der Waals surface area (Å²) < 4.78 is 6.85. The lowest BCUT2D eigenvalue weighted by molar-refractivity contribution is 0.0733. The Hall–Kier alpha value is -2.77. The number of nitrogens with one attached hydrogen (secondary N) is 1. The normalized spacial score (nSPS) is 10.6. The number of carbonyl (C=O) groups excluding carboxylic acids is 2. The quantitative estimate of drug-likeness (QED) is 0.226. The van der Waals surface area contributed by atoms with Crippen molar-refractivity contribution >= 4 is 50.0 Å². The fourth-order valence-corrected chi connectivity index (χ4v) is 3.12. The molecular weight excluding hydrogens is 488 g/mol. The zero-order chi connectivity index (χ0) is 19.9. The van der Waals surface area contributed by atoms with E-state index in [2.05, 4.69) is 42.4 Å². The lowest BCUT2D eigenvalue weighted by Crippen LogP contribution is -2.17. The van der Waals surface area contributed by atoms with E-state index in [9.17, 15) is 9.59 Å². The number of ether oxygens (including phenoxy) is 1. The Morgan fingerprint density at radius 2 is 1.68 bits per heavy atom. The molecule has 1 amide bonds. The van der Waals surface area contributed by atoms with Crippen LogP contribution in [0.25, 0.3) is 0 Å². The van der Waals surface area contributed by atoms with E-state index in [4.69, 9.17) is 4.74 Å². The Kier molecular flexibility index (Phi) is 6.73. The fourth-order valence-electron chi connectivity index (χ4n) is 2.27. The molecule has 0 unspecified atom stereocenters. The van der Waals surface area contributed by atoms with Crippen molar-refractivity contribution in [2.24, 2.45) is 5.10 Å². The molecule has 0 aliphatic heterocycles. The number of hydrogen-bond acceptors (Lipinski definition) is 4. The third-order valence-electron chi connectivity index (χ3n) is 3.65. The zero-order valence-corrected chi connectivity index (χ0v) is 17.6. The van der Waals surface area contributed by atoms with Crippen molar-refractivity contribution < 1.29 is 14.3 Å². The summed E-state index contributed by atoms with van der Waals surface area (Å²) in [6.45, 7) is 0. The predicted octanol–water partition coefficient (Wildman–Crippen LogP) is 5.19. The maximum Gasteiger partial charge on any atom is 0.344 e. The monoisotopic (exact) mass is 500 g/mol. The van der Waals surface area contributed by atoms with Crippen molar-refractivity contribution in [1.82, 2.24) is 5.43 Å². The van der Waals surface area contributed by atoms with Gasteiger partial charge in [0.25, 0.3) is 5.91 Å². The highest BCUT2D eigenvalue weighted by molar-refractivity contribution is 9.10. The Labute approximate surface area is 178 Å². The Balaban J connectivity index is 1.58. The van der Waals surface area contributed by atoms with E-state index >= 15 is 0 Å². The molecule has 0 heterocycles. The van der Waals surface area contributed by atoms with Gasteiger partial charge in [-0.05, 0) is 76.1 Å². The van der Waals surface area contributed by atoms with Gasteiger partial charge in [0, 0.05) is 14.5 Å². The number of amides is 1. The molecule has 1 N–H and O–H groups in total. The highest BCUT2D eigenvalue weighted by atomic mass is 79.9. The molecule has 3 aromatic rings. The van der Waals surface area contributed by atoms with E-state index < -0.39 is 5.97 Å². The van der Waals surface area contributed by atoms with Crippen LogP contribution in [0.15, 0.2) is 86.8 Å². The molecule has 0 aliphatic carbocycles. The second kappa shape index (κ2) is 9.43. The summed E-state index contributed by atoms with van der Waals surface area (Å²) in [5.74, 6) is -0.345. The van der Waals surface area contributed by atoms with Crippen LogP contribution in [0.4, 0.5) is 0 Å².